The van der Waals surface area contributed by atoms with Crippen molar-refractivity contribution in [1.82, 2.24) is 0 Å². The number of carbonyl (C=O) groups is 1. The Labute approximate surface area is 114 Å². The number of rotatable bonds is 11. The van der Waals surface area contributed by atoms with E-state index in [9.17, 15) is 14.3 Å². The van der Waals surface area contributed by atoms with Gasteiger partial charge in [-0.2, -0.15) is 0 Å². The van der Waals surface area contributed by atoms with Crippen LogP contribution in [-0.4, -0.2) is 60.9 Å². The minimum Gasteiger partial charge on any atom is -0.481 e. The Morgan fingerprint density at radius 3 is 2.32 bits per heavy atom. The second kappa shape index (κ2) is 8.66. The first-order chi connectivity index (χ1) is 8.68. The van der Waals surface area contributed by atoms with Gasteiger partial charge < -0.3 is 14.5 Å². The highest BCUT2D eigenvalue weighted by molar-refractivity contribution is 7.47. The minimum absolute atomic E-state index is 0.0948. The molecule has 0 aliphatic carbocycles. The maximum absolute atomic E-state index is 11.4. The van der Waals surface area contributed by atoms with E-state index >= 15 is 0 Å². The first-order valence-electron chi connectivity index (χ1n) is 6.34. The van der Waals surface area contributed by atoms with Crippen LogP contribution in [0.25, 0.3) is 0 Å². The standard InChI is InChI=1S/C11H24NO6P/c1-4-9-17-19(15,16)18-10-8-12(2,3)7-5-6-11(13)14/h4-10H2,1-3H3,(H-,13,14,15,16)/p+1. The van der Waals surface area contributed by atoms with Gasteiger partial charge in [0, 0.05) is 6.42 Å². The minimum atomic E-state index is -3.94. The number of carboxylic acids is 1. The summed E-state index contributed by atoms with van der Waals surface area (Å²) in [5, 5.41) is 8.56. The van der Waals surface area contributed by atoms with Crippen LogP contribution in [0.15, 0.2) is 0 Å². The largest absolute Gasteiger partial charge is 0.481 e. The van der Waals surface area contributed by atoms with Gasteiger partial charge in [0.25, 0.3) is 0 Å². The normalized spacial score (nSPS) is 15.2. The Bertz CT molecular complexity index is 320. The van der Waals surface area contributed by atoms with Crippen molar-refractivity contribution < 1.29 is 32.9 Å². The molecule has 0 rings (SSSR count). The van der Waals surface area contributed by atoms with Crippen LogP contribution in [-0.2, 0) is 18.4 Å². The van der Waals surface area contributed by atoms with Crippen LogP contribution in [0, 0.1) is 0 Å². The fraction of sp³-hybridized carbons (Fsp3) is 0.909. The number of hydrogen-bond acceptors (Lipinski definition) is 4. The number of nitrogens with zero attached hydrogens (tertiary/aromatic N) is 1. The van der Waals surface area contributed by atoms with E-state index in [1.54, 1.807) is 0 Å². The Morgan fingerprint density at radius 2 is 1.79 bits per heavy atom. The summed E-state index contributed by atoms with van der Waals surface area (Å²) >= 11 is 0. The van der Waals surface area contributed by atoms with Gasteiger partial charge >= 0.3 is 13.8 Å². The van der Waals surface area contributed by atoms with Crippen LogP contribution in [0.4, 0.5) is 0 Å². The molecule has 2 N–H and O–H groups in total. The summed E-state index contributed by atoms with van der Waals surface area (Å²) in [6, 6.07) is 0. The predicted octanol–water partition coefficient (Wildman–Crippen LogP) is 1.47. The summed E-state index contributed by atoms with van der Waals surface area (Å²) in [4.78, 5) is 19.7. The van der Waals surface area contributed by atoms with E-state index in [4.69, 9.17) is 14.2 Å². The zero-order chi connectivity index (χ0) is 14.9. The van der Waals surface area contributed by atoms with Crippen LogP contribution >= 0.6 is 7.82 Å². The molecule has 114 valence electrons. The summed E-state index contributed by atoms with van der Waals surface area (Å²) in [6.45, 7) is 3.30. The van der Waals surface area contributed by atoms with E-state index in [1.165, 1.54) is 0 Å². The van der Waals surface area contributed by atoms with Gasteiger partial charge in [-0.15, -0.1) is 0 Å². The fourth-order valence-corrected chi connectivity index (χ4v) is 2.22. The SMILES string of the molecule is CCCOP(=O)(O)OCC[N+](C)(C)CCCC(=O)O. The molecular formula is C11H25NO6P+. The molecule has 8 heteroatoms. The molecule has 0 spiro atoms. The molecule has 0 radical (unpaired) electrons. The zero-order valence-electron chi connectivity index (χ0n) is 11.9. The predicted molar refractivity (Wildman–Crippen MR) is 70.7 cm³/mol. The molecule has 1 unspecified atom stereocenters. The smallest absolute Gasteiger partial charge is 0.472 e. The molecular weight excluding hydrogens is 273 g/mol. The molecule has 0 saturated heterocycles. The van der Waals surface area contributed by atoms with Gasteiger partial charge in [-0.05, 0) is 6.42 Å². The number of likely N-dealkylation sites (N-methyl/N-ethyl adjacent to an activating group) is 1. The van der Waals surface area contributed by atoms with E-state index in [0.717, 1.165) is 0 Å². The second-order valence-corrected chi connectivity index (χ2v) is 6.47. The lowest BCUT2D eigenvalue weighted by Gasteiger charge is -2.29. The van der Waals surface area contributed by atoms with E-state index in [-0.39, 0.29) is 19.6 Å². The molecule has 0 bridgehead atoms. The Balaban J connectivity index is 3.90. The van der Waals surface area contributed by atoms with Gasteiger partial charge in [-0.1, -0.05) is 6.92 Å². The summed E-state index contributed by atoms with van der Waals surface area (Å²) in [5.74, 6) is -0.816. The highest BCUT2D eigenvalue weighted by atomic mass is 31.2. The molecule has 0 aromatic rings. The highest BCUT2D eigenvalue weighted by Gasteiger charge is 2.23. The Morgan fingerprint density at radius 1 is 1.21 bits per heavy atom. The maximum Gasteiger partial charge on any atom is 0.472 e. The van der Waals surface area contributed by atoms with Gasteiger partial charge in [0.05, 0.1) is 33.7 Å². The first kappa shape index (κ1) is 18.5. The second-order valence-electron chi connectivity index (χ2n) is 5.02. The number of quaternary nitrogens is 1. The lowest BCUT2D eigenvalue weighted by atomic mass is 10.3. The third-order valence-electron chi connectivity index (χ3n) is 2.56. The van der Waals surface area contributed by atoms with Crippen LogP contribution in [0.5, 0.6) is 0 Å². The molecule has 0 aromatic heterocycles. The van der Waals surface area contributed by atoms with Crippen molar-refractivity contribution in [3.8, 4) is 0 Å². The summed E-state index contributed by atoms with van der Waals surface area (Å²) < 4.78 is 21.5. The van der Waals surface area contributed by atoms with Crippen molar-refractivity contribution in [1.29, 1.82) is 0 Å². The monoisotopic (exact) mass is 298 g/mol. The molecule has 0 fully saturated rings. The fourth-order valence-electron chi connectivity index (χ4n) is 1.42. The van der Waals surface area contributed by atoms with E-state index in [1.807, 2.05) is 21.0 Å². The van der Waals surface area contributed by atoms with Crippen molar-refractivity contribution in [2.75, 3.05) is 40.4 Å². The van der Waals surface area contributed by atoms with Crippen LogP contribution in [0.3, 0.4) is 0 Å². The molecule has 7 nitrogen and oxygen atoms in total. The molecule has 1 atom stereocenters. The third kappa shape index (κ3) is 11.1. The van der Waals surface area contributed by atoms with E-state index in [2.05, 4.69) is 0 Å². The zero-order valence-corrected chi connectivity index (χ0v) is 12.8. The number of phosphoric acid groups is 1. The van der Waals surface area contributed by atoms with Gasteiger partial charge in [-0.25, -0.2) is 4.57 Å². The van der Waals surface area contributed by atoms with Gasteiger partial charge in [0.2, 0.25) is 0 Å². The lowest BCUT2D eigenvalue weighted by molar-refractivity contribution is -0.890. The average molecular weight is 298 g/mol. The number of hydrogen-bond donors (Lipinski definition) is 2. The topological polar surface area (TPSA) is 93.1 Å². The molecule has 0 amide bonds. The molecule has 0 aromatic carbocycles. The highest BCUT2D eigenvalue weighted by Crippen LogP contribution is 2.43. The lowest BCUT2D eigenvalue weighted by Crippen LogP contribution is -2.43. The summed E-state index contributed by atoms with van der Waals surface area (Å²) in [6.07, 6.45) is 1.33. The van der Waals surface area contributed by atoms with Crippen molar-refractivity contribution in [2.24, 2.45) is 0 Å². The number of aliphatic carboxylic acids is 1. The Kier molecular flexibility index (Phi) is 8.45. The molecule has 19 heavy (non-hydrogen) atoms. The molecule has 0 heterocycles. The van der Waals surface area contributed by atoms with Crippen molar-refractivity contribution >= 4 is 13.8 Å². The quantitative estimate of drug-likeness (QED) is 0.443. The average Bonchev–Trinajstić information content (AvgIpc) is 2.25. The van der Waals surface area contributed by atoms with Crippen molar-refractivity contribution in [2.45, 2.75) is 26.2 Å². The Hall–Kier alpha value is -0.460. The number of phosphoric ester groups is 1. The molecule has 0 aliphatic rings. The van der Waals surface area contributed by atoms with E-state index < -0.39 is 13.8 Å². The van der Waals surface area contributed by atoms with Gasteiger partial charge in [-0.3, -0.25) is 13.8 Å². The van der Waals surface area contributed by atoms with Crippen LogP contribution in [0.2, 0.25) is 0 Å². The summed E-state index contributed by atoms with van der Waals surface area (Å²) in [7, 11) is -0.107. The molecule has 0 saturated carbocycles. The maximum atomic E-state index is 11.4. The van der Waals surface area contributed by atoms with Crippen molar-refractivity contribution in [3.63, 3.8) is 0 Å². The van der Waals surface area contributed by atoms with Crippen LogP contribution in [0.1, 0.15) is 26.2 Å². The van der Waals surface area contributed by atoms with E-state index in [0.29, 0.717) is 30.4 Å². The van der Waals surface area contributed by atoms with Crippen LogP contribution < -0.4 is 0 Å². The van der Waals surface area contributed by atoms with Gasteiger partial charge in [0.15, 0.2) is 0 Å². The molecule has 0 aliphatic heterocycles. The van der Waals surface area contributed by atoms with Crippen molar-refractivity contribution in [3.05, 3.63) is 0 Å². The first-order valence-corrected chi connectivity index (χ1v) is 7.84. The summed E-state index contributed by atoms with van der Waals surface area (Å²) in [5.41, 5.74) is 0. The number of carboxylic acid groups (broad SMARTS) is 1. The van der Waals surface area contributed by atoms with Gasteiger partial charge in [0.1, 0.15) is 13.2 Å². The third-order valence-corrected chi connectivity index (χ3v) is 3.58.